The van der Waals surface area contributed by atoms with Crippen molar-refractivity contribution in [3.63, 3.8) is 0 Å². The molecule has 6 nitrogen and oxygen atoms in total. The van der Waals surface area contributed by atoms with Gasteiger partial charge in [0.15, 0.2) is 6.10 Å². The van der Waals surface area contributed by atoms with Crippen molar-refractivity contribution in [1.29, 1.82) is 0 Å². The van der Waals surface area contributed by atoms with E-state index in [2.05, 4.69) is 5.16 Å². The van der Waals surface area contributed by atoms with Gasteiger partial charge in [-0.3, -0.25) is 4.79 Å². The number of ether oxygens (including phenoxy) is 2. The van der Waals surface area contributed by atoms with Crippen LogP contribution >= 0.6 is 0 Å². The van der Waals surface area contributed by atoms with E-state index in [1.54, 1.807) is 31.2 Å². The van der Waals surface area contributed by atoms with Crippen molar-refractivity contribution in [3.05, 3.63) is 81.7 Å². The van der Waals surface area contributed by atoms with Crippen molar-refractivity contribution in [3.8, 4) is 5.75 Å². The lowest BCUT2D eigenvalue weighted by Gasteiger charge is -2.14. The van der Waals surface area contributed by atoms with E-state index in [1.807, 2.05) is 32.0 Å². The van der Waals surface area contributed by atoms with Crippen LogP contribution in [0.25, 0.3) is 0 Å². The SMILES string of the molecule is Cc1noc(C)c1COc1cccc(C(=O)O[C@@H](C)C(=O)c2ccc3c(c2)CCC3)c1. The number of benzene rings is 2. The zero-order valence-electron chi connectivity index (χ0n) is 17.9. The van der Waals surface area contributed by atoms with Crippen LogP contribution < -0.4 is 4.74 Å². The maximum absolute atomic E-state index is 12.8. The molecule has 0 fully saturated rings. The van der Waals surface area contributed by atoms with Gasteiger partial charge in [0.2, 0.25) is 5.78 Å². The lowest BCUT2D eigenvalue weighted by Crippen LogP contribution is -2.24. The van der Waals surface area contributed by atoms with Gasteiger partial charge in [0.1, 0.15) is 18.1 Å². The molecule has 1 aromatic heterocycles. The Morgan fingerprint density at radius 3 is 2.65 bits per heavy atom. The number of ketones is 1. The number of carbonyl (C=O) groups is 2. The van der Waals surface area contributed by atoms with E-state index >= 15 is 0 Å². The van der Waals surface area contributed by atoms with Crippen LogP contribution in [0, 0.1) is 13.8 Å². The quantitative estimate of drug-likeness (QED) is 0.405. The van der Waals surface area contributed by atoms with E-state index < -0.39 is 12.1 Å². The van der Waals surface area contributed by atoms with Gasteiger partial charge in [0.05, 0.1) is 16.8 Å². The first-order valence-corrected chi connectivity index (χ1v) is 10.4. The number of aryl methyl sites for hydroxylation is 4. The molecule has 31 heavy (non-hydrogen) atoms. The van der Waals surface area contributed by atoms with Crippen LogP contribution in [-0.2, 0) is 24.2 Å². The van der Waals surface area contributed by atoms with Crippen molar-refractivity contribution >= 4 is 11.8 Å². The Kier molecular flexibility index (Phi) is 5.89. The number of fused-ring (bicyclic) bond motifs is 1. The lowest BCUT2D eigenvalue weighted by molar-refractivity contribution is 0.0318. The van der Waals surface area contributed by atoms with Crippen LogP contribution in [0.15, 0.2) is 47.0 Å². The summed E-state index contributed by atoms with van der Waals surface area (Å²) in [6.07, 6.45) is 2.29. The van der Waals surface area contributed by atoms with Gasteiger partial charge < -0.3 is 14.0 Å². The molecule has 160 valence electrons. The van der Waals surface area contributed by atoms with Gasteiger partial charge in [0, 0.05) is 5.56 Å². The predicted octanol–water partition coefficient (Wildman–Crippen LogP) is 4.79. The topological polar surface area (TPSA) is 78.6 Å². The number of Topliss-reactive ketones (excluding diaryl/α,β-unsaturated/α-hetero) is 1. The third-order valence-electron chi connectivity index (χ3n) is 5.67. The molecule has 6 heteroatoms. The molecule has 4 rings (SSSR count). The smallest absolute Gasteiger partial charge is 0.338 e. The van der Waals surface area contributed by atoms with Gasteiger partial charge in [-0.15, -0.1) is 0 Å². The summed E-state index contributed by atoms with van der Waals surface area (Å²) in [5, 5.41) is 3.91. The zero-order chi connectivity index (χ0) is 22.0. The number of hydrogen-bond acceptors (Lipinski definition) is 6. The summed E-state index contributed by atoms with van der Waals surface area (Å²) in [4.78, 5) is 25.4. The van der Waals surface area contributed by atoms with E-state index in [0.717, 1.165) is 30.5 Å². The minimum absolute atomic E-state index is 0.200. The predicted molar refractivity (Wildman–Crippen MR) is 114 cm³/mol. The molecule has 3 aromatic rings. The molecule has 0 aliphatic heterocycles. The highest BCUT2D eigenvalue weighted by Crippen LogP contribution is 2.24. The van der Waals surface area contributed by atoms with Crippen LogP contribution in [0.5, 0.6) is 5.75 Å². The Morgan fingerprint density at radius 1 is 1.06 bits per heavy atom. The first kappa shape index (κ1) is 20.8. The summed E-state index contributed by atoms with van der Waals surface area (Å²) in [6, 6.07) is 12.5. The largest absolute Gasteiger partial charge is 0.489 e. The summed E-state index contributed by atoms with van der Waals surface area (Å²) in [6.45, 7) is 5.56. The molecule has 0 radical (unpaired) electrons. The van der Waals surface area contributed by atoms with Gasteiger partial charge in [0.25, 0.3) is 0 Å². The summed E-state index contributed by atoms with van der Waals surface area (Å²) < 4.78 is 16.4. The third-order valence-corrected chi connectivity index (χ3v) is 5.67. The Bertz CT molecular complexity index is 1110. The molecule has 0 amide bonds. The monoisotopic (exact) mass is 419 g/mol. The van der Waals surface area contributed by atoms with E-state index in [0.29, 0.717) is 22.6 Å². The van der Waals surface area contributed by atoms with Gasteiger partial charge in [-0.1, -0.05) is 23.4 Å². The molecular weight excluding hydrogens is 394 g/mol. The van der Waals surface area contributed by atoms with Crippen molar-refractivity contribution in [1.82, 2.24) is 5.16 Å². The van der Waals surface area contributed by atoms with E-state index in [9.17, 15) is 9.59 Å². The minimum atomic E-state index is -0.876. The Balaban J connectivity index is 1.40. The molecule has 1 aliphatic carbocycles. The summed E-state index contributed by atoms with van der Waals surface area (Å²) >= 11 is 0. The average Bonchev–Trinajstić information content (AvgIpc) is 3.37. The van der Waals surface area contributed by atoms with Gasteiger partial charge >= 0.3 is 5.97 Å². The van der Waals surface area contributed by atoms with Crippen molar-refractivity contribution < 1.29 is 23.6 Å². The molecule has 0 unspecified atom stereocenters. The first-order valence-electron chi connectivity index (χ1n) is 10.4. The lowest BCUT2D eigenvalue weighted by atomic mass is 10.0. The summed E-state index contributed by atoms with van der Waals surface area (Å²) in [5.41, 5.74) is 5.07. The van der Waals surface area contributed by atoms with E-state index in [1.165, 1.54) is 11.1 Å². The summed E-state index contributed by atoms with van der Waals surface area (Å²) in [5.74, 6) is 0.456. The number of nitrogens with zero attached hydrogens (tertiary/aromatic N) is 1. The second-order valence-electron chi connectivity index (χ2n) is 7.87. The number of rotatable bonds is 7. The highest BCUT2D eigenvalue weighted by Gasteiger charge is 2.22. The summed E-state index contributed by atoms with van der Waals surface area (Å²) in [7, 11) is 0. The van der Waals surface area contributed by atoms with Crippen LogP contribution in [0.2, 0.25) is 0 Å². The van der Waals surface area contributed by atoms with E-state index in [4.69, 9.17) is 14.0 Å². The van der Waals surface area contributed by atoms with Gasteiger partial charge in [-0.25, -0.2) is 4.79 Å². The Hall–Kier alpha value is -3.41. The molecule has 1 heterocycles. The number of esters is 1. The second kappa shape index (κ2) is 8.76. The maximum atomic E-state index is 12.8. The van der Waals surface area contributed by atoms with Crippen LogP contribution in [0.3, 0.4) is 0 Å². The first-order chi connectivity index (χ1) is 14.9. The average molecular weight is 419 g/mol. The van der Waals surface area contributed by atoms with E-state index in [-0.39, 0.29) is 12.4 Å². The fourth-order valence-electron chi connectivity index (χ4n) is 3.82. The molecule has 0 spiro atoms. The molecule has 1 aliphatic rings. The van der Waals surface area contributed by atoms with Gasteiger partial charge in [-0.05, 0) is 75.4 Å². The second-order valence-corrected chi connectivity index (χ2v) is 7.87. The van der Waals surface area contributed by atoms with Crippen molar-refractivity contribution in [2.24, 2.45) is 0 Å². The van der Waals surface area contributed by atoms with Crippen molar-refractivity contribution in [2.45, 2.75) is 52.7 Å². The fourth-order valence-corrected chi connectivity index (χ4v) is 3.82. The number of aromatic nitrogens is 1. The molecule has 0 saturated carbocycles. The number of carbonyl (C=O) groups excluding carboxylic acids is 2. The molecule has 2 aromatic carbocycles. The normalized spacial score (nSPS) is 13.5. The molecular formula is C25H25NO5. The minimum Gasteiger partial charge on any atom is -0.489 e. The third kappa shape index (κ3) is 4.53. The molecule has 0 N–H and O–H groups in total. The van der Waals surface area contributed by atoms with Crippen LogP contribution in [0.4, 0.5) is 0 Å². The molecule has 0 saturated heterocycles. The Morgan fingerprint density at radius 2 is 1.87 bits per heavy atom. The maximum Gasteiger partial charge on any atom is 0.338 e. The fraction of sp³-hybridized carbons (Fsp3) is 0.320. The number of hydrogen-bond donors (Lipinski definition) is 0. The van der Waals surface area contributed by atoms with Crippen LogP contribution in [0.1, 0.15) is 62.2 Å². The highest BCUT2D eigenvalue weighted by molar-refractivity contribution is 6.01. The highest BCUT2D eigenvalue weighted by atomic mass is 16.5. The van der Waals surface area contributed by atoms with Crippen LogP contribution in [-0.4, -0.2) is 23.0 Å². The van der Waals surface area contributed by atoms with Gasteiger partial charge in [-0.2, -0.15) is 0 Å². The molecule has 1 atom stereocenters. The Labute approximate surface area is 181 Å². The van der Waals surface area contributed by atoms with Crippen molar-refractivity contribution in [2.75, 3.05) is 0 Å². The standard InChI is InChI=1S/C25H25NO5/c1-15-23(16(2)31-26-15)14-29-22-9-5-8-21(13-22)25(28)30-17(3)24(27)20-11-10-18-6-4-7-19(18)12-20/h5,8-13,17H,4,6-7,14H2,1-3H3/t17-/m0/s1. The molecule has 0 bridgehead atoms. The zero-order valence-corrected chi connectivity index (χ0v) is 17.9.